The van der Waals surface area contributed by atoms with Gasteiger partial charge in [0.15, 0.2) is 5.02 Å². The Morgan fingerprint density at radius 3 is 3.00 bits per heavy atom. The molecule has 1 amide bonds. The Labute approximate surface area is 108 Å². The molecule has 0 saturated heterocycles. The van der Waals surface area contributed by atoms with Gasteiger partial charge in [-0.2, -0.15) is 4.68 Å². The first-order valence-electron chi connectivity index (χ1n) is 5.17. The van der Waals surface area contributed by atoms with E-state index in [1.165, 1.54) is 6.20 Å². The van der Waals surface area contributed by atoms with Gasteiger partial charge in [-0.1, -0.05) is 11.6 Å². The van der Waals surface area contributed by atoms with Gasteiger partial charge in [-0.15, -0.1) is 0 Å². The normalized spacial score (nSPS) is 10.3. The number of rotatable bonds is 7. The van der Waals surface area contributed by atoms with Crippen molar-refractivity contribution >= 4 is 23.3 Å². The maximum Gasteiger partial charge on any atom is 0.408 e. The molecule has 18 heavy (non-hydrogen) atoms. The summed E-state index contributed by atoms with van der Waals surface area (Å²) in [5, 5.41) is 16.6. The Balaban J connectivity index is 2.44. The van der Waals surface area contributed by atoms with Gasteiger partial charge in [0.05, 0.1) is 11.3 Å². The van der Waals surface area contributed by atoms with Crippen molar-refractivity contribution in [3.63, 3.8) is 0 Å². The van der Waals surface area contributed by atoms with Crippen LogP contribution in [-0.2, 0) is 16.1 Å². The van der Waals surface area contributed by atoms with E-state index in [0.29, 0.717) is 19.6 Å². The highest BCUT2D eigenvalue weighted by Gasteiger charge is 2.20. The smallest absolute Gasteiger partial charge is 0.385 e. The number of nitrogens with zero attached hydrogens (tertiary/aromatic N) is 3. The molecule has 1 heterocycles. The monoisotopic (exact) mass is 276 g/mol. The van der Waals surface area contributed by atoms with Gasteiger partial charge in [0.1, 0.15) is 6.54 Å². The number of hydrogen-bond acceptors (Lipinski definition) is 5. The minimum atomic E-state index is -0.699. The van der Waals surface area contributed by atoms with E-state index >= 15 is 0 Å². The minimum absolute atomic E-state index is 0.0906. The SMILES string of the molecule is COCCCNC(=O)Cn1cc(Cl)c([N+](=O)[O-])n1. The highest BCUT2D eigenvalue weighted by atomic mass is 35.5. The summed E-state index contributed by atoms with van der Waals surface area (Å²) >= 11 is 5.60. The first kappa shape index (κ1) is 14.4. The number of hydrogen-bond donors (Lipinski definition) is 1. The fourth-order valence-corrected chi connectivity index (χ4v) is 1.46. The van der Waals surface area contributed by atoms with E-state index < -0.39 is 10.7 Å². The van der Waals surface area contributed by atoms with Crippen LogP contribution < -0.4 is 5.32 Å². The third-order valence-electron chi connectivity index (χ3n) is 2.03. The second-order valence-electron chi connectivity index (χ2n) is 3.45. The third-order valence-corrected chi connectivity index (χ3v) is 2.29. The van der Waals surface area contributed by atoms with Crippen molar-refractivity contribution in [3.05, 3.63) is 21.3 Å². The first-order valence-corrected chi connectivity index (χ1v) is 5.55. The van der Waals surface area contributed by atoms with Crippen molar-refractivity contribution in [1.82, 2.24) is 15.1 Å². The van der Waals surface area contributed by atoms with Crippen LogP contribution in [0.25, 0.3) is 0 Å². The Bertz CT molecular complexity index is 434. The number of halogens is 1. The quantitative estimate of drug-likeness (QED) is 0.446. The lowest BCUT2D eigenvalue weighted by Gasteiger charge is -2.02. The Kier molecular flexibility index (Phi) is 5.53. The van der Waals surface area contributed by atoms with Gasteiger partial charge in [-0.25, -0.2) is 0 Å². The zero-order chi connectivity index (χ0) is 13.5. The number of nitro groups is 1. The van der Waals surface area contributed by atoms with Crippen molar-refractivity contribution in [2.45, 2.75) is 13.0 Å². The van der Waals surface area contributed by atoms with Gasteiger partial charge in [0, 0.05) is 20.3 Å². The zero-order valence-electron chi connectivity index (χ0n) is 9.76. The molecule has 1 rings (SSSR count). The topological polar surface area (TPSA) is 99.3 Å². The predicted octanol–water partition coefficient (Wildman–Crippen LogP) is 0.597. The maximum absolute atomic E-state index is 11.4. The molecule has 1 aromatic heterocycles. The van der Waals surface area contributed by atoms with E-state index in [0.717, 1.165) is 4.68 Å². The summed E-state index contributed by atoms with van der Waals surface area (Å²) < 4.78 is 5.96. The maximum atomic E-state index is 11.4. The van der Waals surface area contributed by atoms with Gasteiger partial charge in [0.2, 0.25) is 5.91 Å². The highest BCUT2D eigenvalue weighted by Crippen LogP contribution is 2.20. The molecule has 0 spiro atoms. The lowest BCUT2D eigenvalue weighted by atomic mass is 10.4. The first-order chi connectivity index (χ1) is 8.54. The molecular weight excluding hydrogens is 264 g/mol. The van der Waals surface area contributed by atoms with E-state index in [9.17, 15) is 14.9 Å². The average molecular weight is 277 g/mol. The van der Waals surface area contributed by atoms with Crippen LogP contribution >= 0.6 is 11.6 Å². The number of nitrogens with one attached hydrogen (secondary N) is 1. The van der Waals surface area contributed by atoms with Crippen LogP contribution in [0.1, 0.15) is 6.42 Å². The largest absolute Gasteiger partial charge is 0.408 e. The summed E-state index contributed by atoms with van der Waals surface area (Å²) in [5.41, 5.74) is 0. The summed E-state index contributed by atoms with van der Waals surface area (Å²) in [6.07, 6.45) is 1.94. The second-order valence-corrected chi connectivity index (χ2v) is 3.86. The standard InChI is InChI=1S/C9H13ClN4O4/c1-18-4-2-3-11-8(15)6-13-5-7(10)9(12-13)14(16)17/h5H,2-4,6H2,1H3,(H,11,15). The number of carbonyl (C=O) groups is 1. The van der Waals surface area contributed by atoms with Gasteiger partial charge in [0.25, 0.3) is 0 Å². The average Bonchev–Trinajstić information content (AvgIpc) is 2.66. The van der Waals surface area contributed by atoms with Crippen LogP contribution in [0, 0.1) is 10.1 Å². The Morgan fingerprint density at radius 1 is 1.72 bits per heavy atom. The fraction of sp³-hybridized carbons (Fsp3) is 0.556. The fourth-order valence-electron chi connectivity index (χ4n) is 1.24. The number of aromatic nitrogens is 2. The van der Waals surface area contributed by atoms with E-state index in [4.69, 9.17) is 16.3 Å². The predicted molar refractivity (Wildman–Crippen MR) is 63.4 cm³/mol. The van der Waals surface area contributed by atoms with Crippen LogP contribution in [0.5, 0.6) is 0 Å². The molecule has 9 heteroatoms. The molecule has 1 aromatic rings. The number of amides is 1. The number of ether oxygens (including phenoxy) is 1. The zero-order valence-corrected chi connectivity index (χ0v) is 10.5. The van der Waals surface area contributed by atoms with Crippen LogP contribution in [-0.4, -0.2) is 40.9 Å². The Morgan fingerprint density at radius 2 is 2.44 bits per heavy atom. The van der Waals surface area contributed by atoms with Crippen molar-refractivity contribution < 1.29 is 14.5 Å². The molecule has 0 aliphatic rings. The molecule has 0 radical (unpaired) electrons. The third kappa shape index (κ3) is 4.30. The molecule has 0 fully saturated rings. The summed E-state index contributed by atoms with van der Waals surface area (Å²) in [5.74, 6) is -0.746. The van der Waals surface area contributed by atoms with E-state index in [2.05, 4.69) is 10.4 Å². The summed E-state index contributed by atoms with van der Waals surface area (Å²) in [7, 11) is 1.58. The van der Waals surface area contributed by atoms with Crippen molar-refractivity contribution in [2.75, 3.05) is 20.3 Å². The molecule has 8 nitrogen and oxygen atoms in total. The van der Waals surface area contributed by atoms with Gasteiger partial charge in [-0.05, 0) is 11.3 Å². The molecule has 100 valence electrons. The molecule has 0 saturated carbocycles. The summed E-state index contributed by atoms with van der Waals surface area (Å²) in [4.78, 5) is 21.2. The molecule has 0 atom stereocenters. The van der Waals surface area contributed by atoms with Gasteiger partial charge >= 0.3 is 5.82 Å². The van der Waals surface area contributed by atoms with Gasteiger partial charge in [-0.3, -0.25) is 4.79 Å². The summed E-state index contributed by atoms with van der Waals surface area (Å²) in [6.45, 7) is 0.920. The van der Waals surface area contributed by atoms with Crippen molar-refractivity contribution in [3.8, 4) is 0 Å². The lowest BCUT2D eigenvalue weighted by Crippen LogP contribution is -2.29. The van der Waals surface area contributed by atoms with Crippen LogP contribution in [0.4, 0.5) is 5.82 Å². The number of carbonyl (C=O) groups excluding carboxylic acids is 1. The van der Waals surface area contributed by atoms with Crippen LogP contribution in [0.15, 0.2) is 6.20 Å². The van der Waals surface area contributed by atoms with Crippen molar-refractivity contribution in [2.24, 2.45) is 0 Å². The van der Waals surface area contributed by atoms with Gasteiger partial charge < -0.3 is 20.2 Å². The molecule has 0 aliphatic carbocycles. The minimum Gasteiger partial charge on any atom is -0.385 e. The van der Waals surface area contributed by atoms with Crippen LogP contribution in [0.3, 0.4) is 0 Å². The molecule has 0 unspecified atom stereocenters. The van der Waals surface area contributed by atoms with Crippen molar-refractivity contribution in [1.29, 1.82) is 0 Å². The molecule has 1 N–H and O–H groups in total. The van der Waals surface area contributed by atoms with E-state index in [1.54, 1.807) is 7.11 Å². The molecule has 0 aliphatic heterocycles. The highest BCUT2D eigenvalue weighted by molar-refractivity contribution is 6.32. The van der Waals surface area contributed by atoms with E-state index in [-0.39, 0.29) is 17.5 Å². The molecular formula is C9H13ClN4O4. The lowest BCUT2D eigenvalue weighted by molar-refractivity contribution is -0.389. The molecule has 0 bridgehead atoms. The van der Waals surface area contributed by atoms with E-state index in [1.807, 2.05) is 0 Å². The Hall–Kier alpha value is -1.67. The number of methoxy groups -OCH3 is 1. The van der Waals surface area contributed by atoms with Crippen LogP contribution in [0.2, 0.25) is 5.02 Å². The molecule has 0 aromatic carbocycles. The summed E-state index contributed by atoms with van der Waals surface area (Å²) in [6, 6.07) is 0. The second kappa shape index (κ2) is 6.92.